The van der Waals surface area contributed by atoms with E-state index in [-0.39, 0.29) is 0 Å². The molecule has 130 valence electrons. The van der Waals surface area contributed by atoms with E-state index in [9.17, 15) is 0 Å². The summed E-state index contributed by atoms with van der Waals surface area (Å²) < 4.78 is 4.52. The third kappa shape index (κ3) is 3.93. The second-order valence-electron chi connectivity index (χ2n) is 6.74. The maximum Gasteiger partial charge on any atom is 0.215 e. The van der Waals surface area contributed by atoms with Gasteiger partial charge in [0.25, 0.3) is 0 Å². The summed E-state index contributed by atoms with van der Waals surface area (Å²) in [5.41, 5.74) is 6.85. The Hall–Kier alpha value is -2.55. The van der Waals surface area contributed by atoms with Crippen LogP contribution >= 0.6 is 0 Å². The number of aryl methyl sites for hydroxylation is 4. The van der Waals surface area contributed by atoms with Crippen molar-refractivity contribution in [3.05, 3.63) is 77.2 Å². The fourth-order valence-corrected chi connectivity index (χ4v) is 2.98. The largest absolute Gasteiger partial charge is 0.317 e. The zero-order valence-corrected chi connectivity index (χ0v) is 15.7. The molecule has 0 amide bonds. The number of unbranched alkanes of at least 4 members (excludes halogenated alkanes) is 1. The van der Waals surface area contributed by atoms with E-state index in [2.05, 4.69) is 91.6 Å². The first-order valence-corrected chi connectivity index (χ1v) is 9.05. The molecule has 25 heavy (non-hydrogen) atoms. The maximum atomic E-state index is 4.98. The van der Waals surface area contributed by atoms with Gasteiger partial charge in [-0.1, -0.05) is 48.7 Å². The van der Waals surface area contributed by atoms with Gasteiger partial charge in [0.15, 0.2) is 0 Å². The summed E-state index contributed by atoms with van der Waals surface area (Å²) in [5, 5.41) is 0. The Morgan fingerprint density at radius 1 is 0.840 bits per heavy atom. The molecule has 0 radical (unpaired) electrons. The molecule has 0 aliphatic rings. The van der Waals surface area contributed by atoms with Gasteiger partial charge < -0.3 is 4.57 Å². The van der Waals surface area contributed by atoms with Crippen molar-refractivity contribution in [3.8, 4) is 5.69 Å². The molecule has 0 aliphatic carbocycles. The van der Waals surface area contributed by atoms with Gasteiger partial charge in [-0.25, -0.2) is 4.99 Å². The Bertz CT molecular complexity index is 894. The highest BCUT2D eigenvalue weighted by Crippen LogP contribution is 2.14. The first-order valence-electron chi connectivity index (χ1n) is 9.05. The lowest BCUT2D eigenvalue weighted by Crippen LogP contribution is -2.25. The van der Waals surface area contributed by atoms with Gasteiger partial charge in [-0.05, 0) is 51.5 Å². The van der Waals surface area contributed by atoms with Crippen LogP contribution < -0.4 is 5.62 Å². The molecular weight excluding hydrogens is 306 g/mol. The zero-order valence-electron chi connectivity index (χ0n) is 15.7. The average Bonchev–Trinajstić information content (AvgIpc) is 2.91. The highest BCUT2D eigenvalue weighted by Gasteiger charge is 2.09. The van der Waals surface area contributed by atoms with Crippen molar-refractivity contribution in [1.82, 2.24) is 9.13 Å². The lowest BCUT2D eigenvalue weighted by molar-refractivity contribution is 0.600. The molecule has 3 aromatic rings. The lowest BCUT2D eigenvalue weighted by atomic mass is 10.2. The van der Waals surface area contributed by atoms with E-state index in [0.29, 0.717) is 0 Å². The summed E-state index contributed by atoms with van der Waals surface area (Å²) in [7, 11) is 0. The monoisotopic (exact) mass is 333 g/mol. The van der Waals surface area contributed by atoms with Crippen molar-refractivity contribution >= 4 is 5.69 Å². The van der Waals surface area contributed by atoms with Crippen molar-refractivity contribution in [2.45, 2.75) is 47.1 Å². The molecule has 3 rings (SSSR count). The van der Waals surface area contributed by atoms with Crippen molar-refractivity contribution in [1.29, 1.82) is 0 Å². The van der Waals surface area contributed by atoms with Gasteiger partial charge in [-0.2, -0.15) is 0 Å². The number of hydrogen-bond donors (Lipinski definition) is 0. The van der Waals surface area contributed by atoms with E-state index < -0.39 is 0 Å². The van der Waals surface area contributed by atoms with Crippen molar-refractivity contribution in [2.75, 3.05) is 0 Å². The number of aromatic nitrogens is 2. The third-order valence-corrected chi connectivity index (χ3v) is 4.46. The van der Waals surface area contributed by atoms with Gasteiger partial charge in [-0.3, -0.25) is 4.57 Å². The van der Waals surface area contributed by atoms with Crippen molar-refractivity contribution in [3.63, 3.8) is 0 Å². The molecule has 2 aromatic carbocycles. The predicted octanol–water partition coefficient (Wildman–Crippen LogP) is 5.24. The van der Waals surface area contributed by atoms with E-state index in [1.165, 1.54) is 23.2 Å². The molecule has 0 N–H and O–H groups in total. The van der Waals surface area contributed by atoms with Gasteiger partial charge >= 0.3 is 0 Å². The zero-order chi connectivity index (χ0) is 17.8. The number of benzene rings is 2. The molecule has 3 nitrogen and oxygen atoms in total. The normalized spacial score (nSPS) is 11.9. The second-order valence-corrected chi connectivity index (χ2v) is 6.74. The summed E-state index contributed by atoms with van der Waals surface area (Å²) in [6.07, 6.45) is 4.53. The van der Waals surface area contributed by atoms with Crippen LogP contribution in [-0.4, -0.2) is 9.13 Å². The molecule has 0 aliphatic heterocycles. The van der Waals surface area contributed by atoms with E-state index >= 15 is 0 Å². The minimum Gasteiger partial charge on any atom is -0.317 e. The van der Waals surface area contributed by atoms with Gasteiger partial charge in [0.2, 0.25) is 5.62 Å². The van der Waals surface area contributed by atoms with Crippen LogP contribution in [0, 0.1) is 20.8 Å². The highest BCUT2D eigenvalue weighted by molar-refractivity contribution is 5.40. The van der Waals surface area contributed by atoms with Crippen LogP contribution in [0.5, 0.6) is 0 Å². The standard InChI is InChI=1S/C22H27N3/c1-5-6-15-24-16-19(4)25(21-13-9-18(3)10-14-21)22(24)23-20-11-7-17(2)8-12-20/h7-14,16H,5-6,15H2,1-4H3. The Morgan fingerprint density at radius 3 is 2.04 bits per heavy atom. The van der Waals surface area contributed by atoms with Gasteiger partial charge in [0.05, 0.1) is 5.69 Å². The summed E-state index contributed by atoms with van der Waals surface area (Å²) in [6, 6.07) is 17.0. The number of imidazole rings is 1. The van der Waals surface area contributed by atoms with E-state index in [1.807, 2.05) is 0 Å². The van der Waals surface area contributed by atoms with Crippen molar-refractivity contribution in [2.24, 2.45) is 4.99 Å². The van der Waals surface area contributed by atoms with Crippen LogP contribution in [-0.2, 0) is 6.54 Å². The fraction of sp³-hybridized carbons (Fsp3) is 0.318. The topological polar surface area (TPSA) is 22.2 Å². The molecular formula is C22H27N3. The minimum atomic E-state index is 0.985. The highest BCUT2D eigenvalue weighted by atomic mass is 15.2. The molecule has 3 heteroatoms. The van der Waals surface area contributed by atoms with Crippen LogP contribution in [0.2, 0.25) is 0 Å². The fourth-order valence-electron chi connectivity index (χ4n) is 2.98. The average molecular weight is 333 g/mol. The number of nitrogens with zero attached hydrogens (tertiary/aromatic N) is 3. The molecule has 0 atom stereocenters. The lowest BCUT2D eigenvalue weighted by Gasteiger charge is -2.08. The van der Waals surface area contributed by atoms with Crippen LogP contribution in [0.3, 0.4) is 0 Å². The SMILES string of the molecule is CCCCn1cc(C)n(-c2ccc(C)cc2)c1=Nc1ccc(C)cc1. The Morgan fingerprint density at radius 2 is 1.44 bits per heavy atom. The minimum absolute atomic E-state index is 0.985. The molecule has 1 aromatic heterocycles. The van der Waals surface area contributed by atoms with E-state index in [4.69, 9.17) is 4.99 Å². The number of hydrogen-bond acceptors (Lipinski definition) is 1. The first kappa shape index (κ1) is 17.3. The molecule has 0 unspecified atom stereocenters. The van der Waals surface area contributed by atoms with Gasteiger partial charge in [0.1, 0.15) is 0 Å². The second kappa shape index (κ2) is 7.56. The molecule has 0 bridgehead atoms. The summed E-state index contributed by atoms with van der Waals surface area (Å²) in [4.78, 5) is 4.98. The van der Waals surface area contributed by atoms with Gasteiger partial charge in [0, 0.05) is 24.1 Å². The Kier molecular flexibility index (Phi) is 5.22. The van der Waals surface area contributed by atoms with Crippen LogP contribution in [0.1, 0.15) is 36.6 Å². The molecule has 0 saturated carbocycles. The smallest absolute Gasteiger partial charge is 0.215 e. The molecule has 0 fully saturated rings. The third-order valence-electron chi connectivity index (χ3n) is 4.46. The Labute approximate surface area is 150 Å². The summed E-state index contributed by atoms with van der Waals surface area (Å²) >= 11 is 0. The predicted molar refractivity (Wildman–Crippen MR) is 105 cm³/mol. The number of rotatable bonds is 5. The molecule has 0 saturated heterocycles. The molecule has 1 heterocycles. The Balaban J connectivity index is 2.18. The quantitative estimate of drug-likeness (QED) is 0.609. The maximum absolute atomic E-state index is 4.98. The van der Waals surface area contributed by atoms with Gasteiger partial charge in [-0.15, -0.1) is 0 Å². The summed E-state index contributed by atoms with van der Waals surface area (Å²) in [5.74, 6) is 0. The first-order chi connectivity index (χ1) is 12.1. The van der Waals surface area contributed by atoms with E-state index in [0.717, 1.165) is 30.0 Å². The van der Waals surface area contributed by atoms with Crippen molar-refractivity contribution < 1.29 is 0 Å². The van der Waals surface area contributed by atoms with Crippen LogP contribution in [0.25, 0.3) is 5.69 Å². The summed E-state index contributed by atoms with van der Waals surface area (Å²) in [6.45, 7) is 9.58. The van der Waals surface area contributed by atoms with Crippen LogP contribution in [0.15, 0.2) is 59.7 Å². The molecule has 0 spiro atoms. The van der Waals surface area contributed by atoms with Crippen LogP contribution in [0.4, 0.5) is 5.69 Å². The van der Waals surface area contributed by atoms with E-state index in [1.54, 1.807) is 0 Å².